The van der Waals surface area contributed by atoms with Gasteiger partial charge >= 0.3 is 5.97 Å². The van der Waals surface area contributed by atoms with Gasteiger partial charge in [-0.05, 0) is 37.1 Å². The minimum absolute atomic E-state index is 0.0211. The molecule has 2 aromatic heterocycles. The number of esters is 1. The summed E-state index contributed by atoms with van der Waals surface area (Å²) in [6.45, 7) is 4.34. The Kier molecular flexibility index (Phi) is 7.12. The second-order valence-electron chi connectivity index (χ2n) is 8.39. The van der Waals surface area contributed by atoms with Crippen LogP contribution in [0.15, 0.2) is 65.6 Å². The SMILES string of the molecule is COC(=O)c1ccc(/C=C/c2cn(Cc3ccccc3)c3nc(N)n(COC(C)C)c(=O)c23)cc1. The highest BCUT2D eigenvalue weighted by molar-refractivity contribution is 5.91. The number of nitrogens with two attached hydrogens (primary N) is 1. The van der Waals surface area contributed by atoms with Gasteiger partial charge in [0.1, 0.15) is 12.4 Å². The Morgan fingerprint density at radius 2 is 1.80 bits per heavy atom. The zero-order valence-electron chi connectivity index (χ0n) is 20.0. The van der Waals surface area contributed by atoms with Crippen molar-refractivity contribution >= 4 is 35.1 Å². The molecule has 0 bridgehead atoms. The van der Waals surface area contributed by atoms with Crippen LogP contribution in [0.5, 0.6) is 0 Å². The van der Waals surface area contributed by atoms with Gasteiger partial charge in [0.15, 0.2) is 0 Å². The summed E-state index contributed by atoms with van der Waals surface area (Å²) in [7, 11) is 1.35. The van der Waals surface area contributed by atoms with Gasteiger partial charge in [0.2, 0.25) is 5.95 Å². The predicted molar refractivity (Wildman–Crippen MR) is 137 cm³/mol. The third kappa shape index (κ3) is 5.33. The van der Waals surface area contributed by atoms with E-state index in [0.717, 1.165) is 11.1 Å². The van der Waals surface area contributed by atoms with Crippen molar-refractivity contribution in [1.82, 2.24) is 14.1 Å². The Bertz CT molecular complexity index is 1420. The Labute approximate surface area is 203 Å². The number of hydrogen-bond acceptors (Lipinski definition) is 6. The van der Waals surface area contributed by atoms with Gasteiger partial charge in [0.05, 0.1) is 24.2 Å². The number of hydrogen-bond donors (Lipinski definition) is 1. The van der Waals surface area contributed by atoms with Gasteiger partial charge in [-0.15, -0.1) is 0 Å². The topological polar surface area (TPSA) is 101 Å². The smallest absolute Gasteiger partial charge is 0.337 e. The van der Waals surface area contributed by atoms with E-state index in [9.17, 15) is 9.59 Å². The van der Waals surface area contributed by atoms with Crippen LogP contribution in [0.3, 0.4) is 0 Å². The maximum absolute atomic E-state index is 13.5. The largest absolute Gasteiger partial charge is 0.465 e. The molecule has 2 aromatic carbocycles. The summed E-state index contributed by atoms with van der Waals surface area (Å²) >= 11 is 0. The van der Waals surface area contributed by atoms with Crippen LogP contribution in [0, 0.1) is 0 Å². The van der Waals surface area contributed by atoms with Crippen LogP contribution < -0.4 is 11.3 Å². The summed E-state index contributed by atoms with van der Waals surface area (Å²) in [5.41, 5.74) is 9.54. The third-order valence-corrected chi connectivity index (χ3v) is 5.56. The number of carbonyl (C=O) groups excluding carboxylic acids is 1. The Morgan fingerprint density at radius 1 is 1.09 bits per heavy atom. The minimum atomic E-state index is -0.391. The third-order valence-electron chi connectivity index (χ3n) is 5.56. The molecule has 8 nitrogen and oxygen atoms in total. The Hall–Kier alpha value is -4.17. The predicted octanol–water partition coefficient (Wildman–Crippen LogP) is 4.17. The fourth-order valence-corrected chi connectivity index (χ4v) is 3.72. The molecular weight excluding hydrogens is 444 g/mol. The summed E-state index contributed by atoms with van der Waals surface area (Å²) in [6.07, 6.45) is 5.59. The molecule has 0 spiro atoms. The van der Waals surface area contributed by atoms with Crippen molar-refractivity contribution in [2.45, 2.75) is 33.2 Å². The zero-order chi connectivity index (χ0) is 24.9. The second kappa shape index (κ2) is 10.4. The molecule has 180 valence electrons. The maximum atomic E-state index is 13.5. The number of ether oxygens (including phenoxy) is 2. The van der Waals surface area contributed by atoms with Gasteiger partial charge in [-0.1, -0.05) is 54.6 Å². The van der Waals surface area contributed by atoms with Crippen LogP contribution >= 0.6 is 0 Å². The molecule has 0 aliphatic heterocycles. The highest BCUT2D eigenvalue weighted by atomic mass is 16.5. The van der Waals surface area contributed by atoms with Crippen LogP contribution in [0.2, 0.25) is 0 Å². The number of methoxy groups -OCH3 is 1. The minimum Gasteiger partial charge on any atom is -0.465 e. The molecule has 2 N–H and O–H groups in total. The van der Waals surface area contributed by atoms with E-state index < -0.39 is 5.97 Å². The van der Waals surface area contributed by atoms with Crippen molar-refractivity contribution in [2.24, 2.45) is 0 Å². The van der Waals surface area contributed by atoms with E-state index in [-0.39, 0.29) is 24.3 Å². The fourth-order valence-electron chi connectivity index (χ4n) is 3.72. The van der Waals surface area contributed by atoms with Crippen LogP contribution in [0.1, 0.15) is 40.9 Å². The molecule has 0 aliphatic carbocycles. The normalized spacial score (nSPS) is 11.5. The molecule has 0 amide bonds. The first-order valence-corrected chi connectivity index (χ1v) is 11.3. The van der Waals surface area contributed by atoms with E-state index in [4.69, 9.17) is 15.2 Å². The van der Waals surface area contributed by atoms with Crippen LogP contribution in [-0.2, 0) is 22.7 Å². The average Bonchev–Trinajstić information content (AvgIpc) is 3.19. The lowest BCUT2D eigenvalue weighted by atomic mass is 10.1. The highest BCUT2D eigenvalue weighted by Crippen LogP contribution is 2.22. The van der Waals surface area contributed by atoms with Crippen LogP contribution in [0.4, 0.5) is 5.95 Å². The van der Waals surface area contributed by atoms with Crippen LogP contribution in [0.25, 0.3) is 23.2 Å². The molecule has 4 rings (SSSR count). The maximum Gasteiger partial charge on any atom is 0.337 e. The summed E-state index contributed by atoms with van der Waals surface area (Å²) in [4.78, 5) is 29.7. The van der Waals surface area contributed by atoms with Gasteiger partial charge in [-0.2, -0.15) is 4.98 Å². The van der Waals surface area contributed by atoms with Crippen molar-refractivity contribution in [1.29, 1.82) is 0 Å². The van der Waals surface area contributed by atoms with Crippen molar-refractivity contribution < 1.29 is 14.3 Å². The Morgan fingerprint density at radius 3 is 2.46 bits per heavy atom. The summed E-state index contributed by atoms with van der Waals surface area (Å²) in [5.74, 6) is -0.290. The van der Waals surface area contributed by atoms with Gasteiger partial charge < -0.3 is 19.8 Å². The van der Waals surface area contributed by atoms with E-state index >= 15 is 0 Å². The summed E-state index contributed by atoms with van der Waals surface area (Å²) < 4.78 is 13.7. The molecule has 0 saturated heterocycles. The van der Waals surface area contributed by atoms with E-state index in [1.165, 1.54) is 11.7 Å². The summed E-state index contributed by atoms with van der Waals surface area (Å²) in [5, 5.41) is 0.463. The first-order valence-electron chi connectivity index (χ1n) is 11.3. The number of carbonyl (C=O) groups is 1. The second-order valence-corrected chi connectivity index (χ2v) is 8.39. The molecule has 4 aromatic rings. The summed E-state index contributed by atoms with van der Waals surface area (Å²) in [6, 6.07) is 17.0. The molecule has 2 heterocycles. The molecule has 35 heavy (non-hydrogen) atoms. The van der Waals surface area contributed by atoms with E-state index in [2.05, 4.69) is 4.98 Å². The van der Waals surface area contributed by atoms with Gasteiger partial charge in [-0.25, -0.2) is 4.79 Å². The van der Waals surface area contributed by atoms with E-state index in [1.807, 2.05) is 79.2 Å². The van der Waals surface area contributed by atoms with E-state index in [0.29, 0.717) is 28.7 Å². The standard InChI is InChI=1S/C27H28N4O4/c1-18(2)35-17-31-25(32)23-22(14-11-19-9-12-21(13-10-19)26(33)34-3)16-30(24(23)29-27(31)28)15-20-7-5-4-6-8-20/h4-14,16,18H,15,17H2,1-3H3,(H2,28,29)/b14-11+. The Balaban J connectivity index is 1.78. The quantitative estimate of drug-likeness (QED) is 0.386. The number of aromatic nitrogens is 3. The number of anilines is 1. The number of benzene rings is 2. The molecule has 0 atom stereocenters. The lowest BCUT2D eigenvalue weighted by molar-refractivity contribution is 0.0279. The number of fused-ring (bicyclic) bond motifs is 1. The zero-order valence-corrected chi connectivity index (χ0v) is 20.0. The molecule has 0 aliphatic rings. The molecule has 0 saturated carbocycles. The first-order chi connectivity index (χ1) is 16.9. The molecule has 0 radical (unpaired) electrons. The highest BCUT2D eigenvalue weighted by Gasteiger charge is 2.17. The monoisotopic (exact) mass is 472 g/mol. The fraction of sp³-hybridized carbons (Fsp3) is 0.222. The average molecular weight is 473 g/mol. The van der Waals surface area contributed by atoms with Gasteiger partial charge in [-0.3, -0.25) is 9.36 Å². The molecular formula is C27H28N4O4. The van der Waals surface area contributed by atoms with Crippen molar-refractivity contribution in [3.05, 3.63) is 93.4 Å². The van der Waals surface area contributed by atoms with Crippen LogP contribution in [-0.4, -0.2) is 33.3 Å². The van der Waals surface area contributed by atoms with E-state index in [1.54, 1.807) is 12.1 Å². The van der Waals surface area contributed by atoms with Gasteiger partial charge in [0.25, 0.3) is 5.56 Å². The lowest BCUT2D eigenvalue weighted by Crippen LogP contribution is -2.27. The number of rotatable bonds is 8. The van der Waals surface area contributed by atoms with Crippen molar-refractivity contribution in [3.63, 3.8) is 0 Å². The molecule has 0 unspecified atom stereocenters. The first kappa shape index (κ1) is 24.0. The number of nitrogens with zero attached hydrogens (tertiary/aromatic N) is 3. The lowest BCUT2D eigenvalue weighted by Gasteiger charge is -2.12. The molecule has 0 fully saturated rings. The van der Waals surface area contributed by atoms with Crippen molar-refractivity contribution in [3.8, 4) is 0 Å². The molecule has 8 heteroatoms. The van der Waals surface area contributed by atoms with Gasteiger partial charge in [0, 0.05) is 18.3 Å². The number of nitrogen functional groups attached to an aromatic ring is 1. The van der Waals surface area contributed by atoms with Crippen molar-refractivity contribution in [2.75, 3.05) is 12.8 Å².